The van der Waals surface area contributed by atoms with Crippen LogP contribution in [0.4, 0.5) is 15.0 Å². The lowest BCUT2D eigenvalue weighted by Crippen LogP contribution is -2.46. The summed E-state index contributed by atoms with van der Waals surface area (Å²) in [5.74, 6) is -0.748. The van der Waals surface area contributed by atoms with Crippen LogP contribution in [0.15, 0.2) is 6.07 Å². The predicted octanol–water partition coefficient (Wildman–Crippen LogP) is 3.85. The summed E-state index contributed by atoms with van der Waals surface area (Å²) in [7, 11) is 0. The van der Waals surface area contributed by atoms with Gasteiger partial charge in [0.1, 0.15) is 16.8 Å². The smallest absolute Gasteiger partial charge is 0.407 e. The minimum absolute atomic E-state index is 0.0345. The number of aromatic nitrogens is 1. The van der Waals surface area contributed by atoms with E-state index in [9.17, 15) is 9.18 Å². The summed E-state index contributed by atoms with van der Waals surface area (Å²) >= 11 is 5.83. The van der Waals surface area contributed by atoms with E-state index in [2.05, 4.69) is 15.6 Å². The fraction of sp³-hybridized carbons (Fsp3) is 0.562. The van der Waals surface area contributed by atoms with E-state index >= 15 is 0 Å². The number of nitrogens with one attached hydrogen (secondary N) is 2. The molecule has 0 aliphatic heterocycles. The average molecular weight is 357 g/mol. The highest BCUT2D eigenvalue weighted by Crippen LogP contribution is 2.21. The van der Waals surface area contributed by atoms with Gasteiger partial charge >= 0.3 is 6.09 Å². The topological polar surface area (TPSA) is 87.0 Å². The summed E-state index contributed by atoms with van der Waals surface area (Å²) in [5, 5.41) is 14.4. The molecule has 0 aromatic carbocycles. The number of hydrogen-bond donors (Lipinski definition) is 2. The van der Waals surface area contributed by atoms with Crippen molar-refractivity contribution in [3.05, 3.63) is 22.6 Å². The molecule has 0 spiro atoms. The Kier molecular flexibility index (Phi) is 6.79. The summed E-state index contributed by atoms with van der Waals surface area (Å²) in [6, 6.07) is 2.14. The van der Waals surface area contributed by atoms with Gasteiger partial charge < -0.3 is 15.4 Å². The quantitative estimate of drug-likeness (QED) is 0.782. The zero-order valence-electron chi connectivity index (χ0n) is 14.4. The summed E-state index contributed by atoms with van der Waals surface area (Å²) in [6.45, 7) is 8.96. The molecule has 0 saturated heterocycles. The van der Waals surface area contributed by atoms with E-state index in [0.29, 0.717) is 6.42 Å². The first-order chi connectivity index (χ1) is 11.1. The summed E-state index contributed by atoms with van der Waals surface area (Å²) in [6.07, 6.45) is 0.0388. The molecular weight excluding hydrogens is 335 g/mol. The van der Waals surface area contributed by atoms with Gasteiger partial charge in [-0.15, -0.1) is 0 Å². The molecule has 1 aromatic rings. The number of ether oxygens (including phenoxy) is 1. The molecule has 0 radical (unpaired) electrons. The first-order valence-corrected chi connectivity index (χ1v) is 7.97. The van der Waals surface area contributed by atoms with Crippen molar-refractivity contribution in [3.63, 3.8) is 0 Å². The summed E-state index contributed by atoms with van der Waals surface area (Å²) < 4.78 is 19.2. The second-order valence-corrected chi connectivity index (χ2v) is 6.72. The van der Waals surface area contributed by atoms with Crippen molar-refractivity contribution in [1.29, 1.82) is 5.26 Å². The van der Waals surface area contributed by atoms with E-state index in [4.69, 9.17) is 21.6 Å². The van der Waals surface area contributed by atoms with E-state index in [1.165, 1.54) is 0 Å². The number of rotatable bonds is 5. The number of pyridine rings is 1. The Morgan fingerprint density at radius 1 is 1.54 bits per heavy atom. The molecule has 1 heterocycles. The molecule has 0 saturated carbocycles. The average Bonchev–Trinajstić information content (AvgIpc) is 2.45. The van der Waals surface area contributed by atoms with Crippen LogP contribution >= 0.6 is 11.6 Å². The molecule has 0 aliphatic carbocycles. The van der Waals surface area contributed by atoms with E-state index in [-0.39, 0.29) is 28.6 Å². The van der Waals surface area contributed by atoms with Crippen LogP contribution in [-0.2, 0) is 4.74 Å². The SMILES string of the molecule is CC[C@@H](Nc1nc(Cl)c(C#N)cc1F)[C@H](C)NC(=O)OC(C)(C)C. The molecule has 6 nitrogen and oxygen atoms in total. The standard InChI is InChI=1S/C16H22ClFN4O2/c1-6-12(9(2)20-15(23)24-16(3,4)5)21-14-11(18)7-10(8-19)13(17)22-14/h7,9,12H,6H2,1-5H3,(H,20,23)(H,21,22)/t9-,12+/m0/s1. The Morgan fingerprint density at radius 3 is 2.67 bits per heavy atom. The molecule has 2 N–H and O–H groups in total. The Balaban J connectivity index is 2.82. The van der Waals surface area contributed by atoms with E-state index in [1.807, 2.05) is 6.92 Å². The van der Waals surface area contributed by atoms with Crippen LogP contribution in [0.3, 0.4) is 0 Å². The third kappa shape index (κ3) is 5.85. The number of carbonyl (C=O) groups excluding carboxylic acids is 1. The van der Waals surface area contributed by atoms with Gasteiger partial charge in [-0.2, -0.15) is 5.26 Å². The number of anilines is 1. The van der Waals surface area contributed by atoms with Gasteiger partial charge in [-0.05, 0) is 40.2 Å². The first-order valence-electron chi connectivity index (χ1n) is 7.59. The second kappa shape index (κ2) is 8.15. The van der Waals surface area contributed by atoms with Crippen LogP contribution in [0.2, 0.25) is 5.15 Å². The molecule has 1 aromatic heterocycles. The Labute approximate surface area is 146 Å². The highest BCUT2D eigenvalue weighted by Gasteiger charge is 2.23. The number of hydrogen-bond acceptors (Lipinski definition) is 5. The number of halogens is 2. The van der Waals surface area contributed by atoms with Crippen LogP contribution in [0.1, 0.15) is 46.6 Å². The Hall–Kier alpha value is -2.07. The van der Waals surface area contributed by atoms with Crippen molar-refractivity contribution in [3.8, 4) is 6.07 Å². The highest BCUT2D eigenvalue weighted by molar-refractivity contribution is 6.30. The number of carbonyl (C=O) groups is 1. The summed E-state index contributed by atoms with van der Waals surface area (Å²) in [5.41, 5.74) is -0.638. The largest absolute Gasteiger partial charge is 0.444 e. The Bertz CT molecular complexity index is 640. The number of nitriles is 1. The van der Waals surface area contributed by atoms with Gasteiger partial charge in [0.2, 0.25) is 0 Å². The van der Waals surface area contributed by atoms with Crippen LogP contribution in [0.5, 0.6) is 0 Å². The van der Waals surface area contributed by atoms with Gasteiger partial charge in [-0.3, -0.25) is 0 Å². The molecule has 1 amide bonds. The predicted molar refractivity (Wildman–Crippen MR) is 90.5 cm³/mol. The first kappa shape index (κ1) is 20.0. The van der Waals surface area contributed by atoms with Gasteiger partial charge in [0, 0.05) is 12.1 Å². The fourth-order valence-electron chi connectivity index (χ4n) is 2.00. The zero-order chi connectivity index (χ0) is 18.5. The molecule has 0 fully saturated rings. The molecule has 0 unspecified atom stereocenters. The van der Waals surface area contributed by atoms with E-state index in [0.717, 1.165) is 6.07 Å². The van der Waals surface area contributed by atoms with Crippen LogP contribution < -0.4 is 10.6 Å². The van der Waals surface area contributed by atoms with E-state index in [1.54, 1.807) is 33.8 Å². The van der Waals surface area contributed by atoms with Crippen LogP contribution in [0.25, 0.3) is 0 Å². The lowest BCUT2D eigenvalue weighted by atomic mass is 10.1. The Morgan fingerprint density at radius 2 is 2.17 bits per heavy atom. The minimum Gasteiger partial charge on any atom is -0.444 e. The summed E-state index contributed by atoms with van der Waals surface area (Å²) in [4.78, 5) is 15.7. The maximum absolute atomic E-state index is 14.0. The van der Waals surface area contributed by atoms with Gasteiger partial charge in [0.15, 0.2) is 11.6 Å². The number of amides is 1. The maximum atomic E-state index is 14.0. The van der Waals surface area contributed by atoms with Gasteiger partial charge in [0.25, 0.3) is 0 Å². The third-order valence-corrected chi connectivity index (χ3v) is 3.45. The molecule has 132 valence electrons. The van der Waals surface area contributed by atoms with Crippen molar-refractivity contribution in [1.82, 2.24) is 10.3 Å². The highest BCUT2D eigenvalue weighted by atomic mass is 35.5. The van der Waals surface area contributed by atoms with Crippen molar-refractivity contribution < 1.29 is 13.9 Å². The van der Waals surface area contributed by atoms with E-state index < -0.39 is 17.5 Å². The van der Waals surface area contributed by atoms with Gasteiger partial charge in [-0.1, -0.05) is 18.5 Å². The molecule has 0 bridgehead atoms. The minimum atomic E-state index is -0.682. The van der Waals surface area contributed by atoms with Crippen LogP contribution in [-0.4, -0.2) is 28.8 Å². The number of nitrogens with zero attached hydrogens (tertiary/aromatic N) is 2. The monoisotopic (exact) mass is 356 g/mol. The lowest BCUT2D eigenvalue weighted by molar-refractivity contribution is 0.0503. The zero-order valence-corrected chi connectivity index (χ0v) is 15.2. The maximum Gasteiger partial charge on any atom is 0.407 e. The molecule has 2 atom stereocenters. The second-order valence-electron chi connectivity index (χ2n) is 6.36. The van der Waals surface area contributed by atoms with Crippen molar-refractivity contribution in [2.24, 2.45) is 0 Å². The third-order valence-electron chi connectivity index (χ3n) is 3.16. The van der Waals surface area contributed by atoms with Crippen molar-refractivity contribution in [2.75, 3.05) is 5.32 Å². The molecule has 24 heavy (non-hydrogen) atoms. The van der Waals surface area contributed by atoms with Crippen LogP contribution in [0, 0.1) is 17.1 Å². The molecule has 8 heteroatoms. The van der Waals surface area contributed by atoms with Gasteiger partial charge in [0.05, 0.1) is 5.56 Å². The molecule has 1 rings (SSSR count). The normalized spacial score (nSPS) is 13.6. The molecular formula is C16H22ClFN4O2. The van der Waals surface area contributed by atoms with Crippen molar-refractivity contribution in [2.45, 2.75) is 58.7 Å². The van der Waals surface area contributed by atoms with Gasteiger partial charge in [-0.25, -0.2) is 14.2 Å². The fourth-order valence-corrected chi connectivity index (χ4v) is 2.18. The number of alkyl carbamates (subject to hydrolysis) is 1. The molecule has 0 aliphatic rings. The lowest BCUT2D eigenvalue weighted by Gasteiger charge is -2.27. The van der Waals surface area contributed by atoms with Crippen molar-refractivity contribution >= 4 is 23.5 Å².